The summed E-state index contributed by atoms with van der Waals surface area (Å²) in [6.07, 6.45) is 5.81. The summed E-state index contributed by atoms with van der Waals surface area (Å²) in [5.41, 5.74) is 2.71. The Balaban J connectivity index is 1.36. The molecule has 0 spiro atoms. The normalized spacial score (nSPS) is 16.6. The molecule has 1 saturated heterocycles. The van der Waals surface area contributed by atoms with E-state index in [0.717, 1.165) is 18.0 Å². The first-order valence-electron chi connectivity index (χ1n) is 8.92. The van der Waals surface area contributed by atoms with Crippen molar-refractivity contribution < 1.29 is 0 Å². The van der Waals surface area contributed by atoms with Crippen molar-refractivity contribution in [3.8, 4) is 0 Å². The molecule has 2 aromatic carbocycles. The molecular formula is C21H22ClIN2. The van der Waals surface area contributed by atoms with Gasteiger partial charge in [0.15, 0.2) is 0 Å². The lowest BCUT2D eigenvalue weighted by atomic mass is 10.0. The van der Waals surface area contributed by atoms with Gasteiger partial charge in [-0.2, -0.15) is 0 Å². The Morgan fingerprint density at radius 1 is 1.04 bits per heavy atom. The zero-order valence-corrected chi connectivity index (χ0v) is 17.1. The lowest BCUT2D eigenvalue weighted by Gasteiger charge is -2.33. The van der Waals surface area contributed by atoms with Gasteiger partial charge in [0, 0.05) is 51.4 Å². The molecule has 1 aliphatic heterocycles. The predicted octanol–water partition coefficient (Wildman–Crippen LogP) is 5.78. The Bertz CT molecular complexity index is 865. The Morgan fingerprint density at radius 3 is 2.68 bits per heavy atom. The van der Waals surface area contributed by atoms with E-state index in [4.69, 9.17) is 11.6 Å². The first kappa shape index (κ1) is 17.4. The minimum atomic E-state index is 0.625. The summed E-state index contributed by atoms with van der Waals surface area (Å²) < 4.78 is 3.79. The smallest absolute Gasteiger partial charge is 0.0483 e. The maximum Gasteiger partial charge on any atom is 0.0483 e. The Morgan fingerprint density at radius 2 is 1.88 bits per heavy atom. The molecule has 0 saturated carbocycles. The molecule has 0 aliphatic carbocycles. The molecule has 0 unspecified atom stereocenters. The second-order valence-electron chi connectivity index (χ2n) is 6.88. The van der Waals surface area contributed by atoms with Crippen LogP contribution in [0.3, 0.4) is 0 Å². The van der Waals surface area contributed by atoms with Crippen molar-refractivity contribution in [3.63, 3.8) is 0 Å². The molecule has 25 heavy (non-hydrogen) atoms. The average molecular weight is 465 g/mol. The summed E-state index contributed by atoms with van der Waals surface area (Å²) in [6, 6.07) is 17.9. The fourth-order valence-electron chi connectivity index (χ4n) is 3.85. The fraction of sp³-hybridized carbons (Fsp3) is 0.333. The number of aromatic nitrogens is 1. The average Bonchev–Trinajstić information content (AvgIpc) is 3.03. The second-order valence-corrected chi connectivity index (χ2v) is 8.56. The third kappa shape index (κ3) is 4.04. The first-order chi connectivity index (χ1) is 12.2. The van der Waals surface area contributed by atoms with Crippen LogP contribution in [0, 0.1) is 3.57 Å². The summed E-state index contributed by atoms with van der Waals surface area (Å²) in [4.78, 5) is 2.59. The van der Waals surface area contributed by atoms with Gasteiger partial charge in [0.2, 0.25) is 0 Å². The molecule has 0 atom stereocenters. The van der Waals surface area contributed by atoms with Gasteiger partial charge in [-0.25, -0.2) is 0 Å². The van der Waals surface area contributed by atoms with Crippen molar-refractivity contribution in [1.82, 2.24) is 9.47 Å². The molecular weight excluding hydrogens is 443 g/mol. The van der Waals surface area contributed by atoms with Crippen LogP contribution in [0.5, 0.6) is 0 Å². The highest BCUT2D eigenvalue weighted by atomic mass is 127. The topological polar surface area (TPSA) is 8.17 Å². The lowest BCUT2D eigenvalue weighted by molar-refractivity contribution is 0.190. The quantitative estimate of drug-likeness (QED) is 0.444. The zero-order valence-electron chi connectivity index (χ0n) is 14.2. The van der Waals surface area contributed by atoms with Crippen LogP contribution in [0.15, 0.2) is 54.7 Å². The van der Waals surface area contributed by atoms with E-state index in [0.29, 0.717) is 6.04 Å². The highest BCUT2D eigenvalue weighted by molar-refractivity contribution is 14.1. The van der Waals surface area contributed by atoms with Crippen molar-refractivity contribution in [2.75, 3.05) is 19.6 Å². The molecule has 1 fully saturated rings. The first-order valence-corrected chi connectivity index (χ1v) is 10.4. The maximum absolute atomic E-state index is 6.08. The van der Waals surface area contributed by atoms with Crippen molar-refractivity contribution in [2.45, 2.75) is 25.3 Å². The van der Waals surface area contributed by atoms with E-state index >= 15 is 0 Å². The highest BCUT2D eigenvalue weighted by Crippen LogP contribution is 2.28. The summed E-state index contributed by atoms with van der Waals surface area (Å²) in [5, 5.41) is 2.20. The third-order valence-corrected chi connectivity index (χ3v) is 6.14. The molecule has 0 bridgehead atoms. The van der Waals surface area contributed by atoms with Gasteiger partial charge >= 0.3 is 0 Å². The number of nitrogens with zero attached hydrogens (tertiary/aromatic N) is 2. The molecule has 0 radical (unpaired) electrons. The van der Waals surface area contributed by atoms with Crippen molar-refractivity contribution in [2.24, 2.45) is 0 Å². The van der Waals surface area contributed by atoms with Gasteiger partial charge in [-0.1, -0.05) is 23.7 Å². The van der Waals surface area contributed by atoms with Gasteiger partial charge in [-0.15, -0.1) is 0 Å². The number of piperidine rings is 1. The van der Waals surface area contributed by atoms with E-state index in [-0.39, 0.29) is 0 Å². The Labute approximate surface area is 167 Å². The molecule has 1 aliphatic rings. The summed E-state index contributed by atoms with van der Waals surface area (Å²) in [6.45, 7) is 3.47. The molecule has 4 heteroatoms. The van der Waals surface area contributed by atoms with E-state index < -0.39 is 0 Å². The van der Waals surface area contributed by atoms with Gasteiger partial charge < -0.3 is 9.47 Å². The molecule has 2 heterocycles. The second kappa shape index (κ2) is 7.68. The largest absolute Gasteiger partial charge is 0.344 e. The van der Waals surface area contributed by atoms with Crippen molar-refractivity contribution >= 4 is 45.1 Å². The lowest BCUT2D eigenvalue weighted by Crippen LogP contribution is -2.35. The number of hydrogen-bond acceptors (Lipinski definition) is 1. The van der Waals surface area contributed by atoms with Crippen LogP contribution in [0.25, 0.3) is 10.9 Å². The monoisotopic (exact) mass is 464 g/mol. The molecule has 0 N–H and O–H groups in total. The van der Waals surface area contributed by atoms with Gasteiger partial charge in [-0.3, -0.25) is 0 Å². The van der Waals surface area contributed by atoms with E-state index in [1.54, 1.807) is 0 Å². The van der Waals surface area contributed by atoms with Gasteiger partial charge in [0.1, 0.15) is 0 Å². The fourth-order valence-corrected chi connectivity index (χ4v) is 4.58. The Kier molecular flexibility index (Phi) is 5.34. The summed E-state index contributed by atoms with van der Waals surface area (Å²) in [5.74, 6) is 0. The number of hydrogen-bond donors (Lipinski definition) is 0. The Hall–Kier alpha value is -1.04. The van der Waals surface area contributed by atoms with Crippen molar-refractivity contribution in [1.29, 1.82) is 0 Å². The minimum Gasteiger partial charge on any atom is -0.344 e. The van der Waals surface area contributed by atoms with Gasteiger partial charge in [0.05, 0.1) is 0 Å². The highest BCUT2D eigenvalue weighted by Gasteiger charge is 2.21. The molecule has 3 aromatic rings. The number of fused-ring (bicyclic) bond motifs is 1. The minimum absolute atomic E-state index is 0.625. The summed E-state index contributed by atoms with van der Waals surface area (Å²) >= 11 is 8.47. The predicted molar refractivity (Wildman–Crippen MR) is 115 cm³/mol. The van der Waals surface area contributed by atoms with Crippen LogP contribution < -0.4 is 0 Å². The van der Waals surface area contributed by atoms with Crippen LogP contribution in [-0.4, -0.2) is 29.1 Å². The van der Waals surface area contributed by atoms with E-state index in [1.165, 1.54) is 46.0 Å². The van der Waals surface area contributed by atoms with Gasteiger partial charge in [0.25, 0.3) is 0 Å². The number of halogens is 2. The number of likely N-dealkylation sites (tertiary alicyclic amines) is 1. The van der Waals surface area contributed by atoms with Crippen LogP contribution in [0.1, 0.15) is 24.4 Å². The number of rotatable bonds is 4. The molecule has 0 amide bonds. The SMILES string of the molecule is Clc1cccc(CCN2CCC(n3ccc4cc(I)ccc43)CC2)c1. The molecule has 2 nitrogen and oxygen atoms in total. The molecule has 4 rings (SSSR count). The molecule has 1 aromatic heterocycles. The van der Waals surface area contributed by atoms with Crippen LogP contribution in [-0.2, 0) is 6.42 Å². The van der Waals surface area contributed by atoms with E-state index in [2.05, 4.69) is 74.7 Å². The van der Waals surface area contributed by atoms with Gasteiger partial charge in [-0.05, 0) is 83.8 Å². The van der Waals surface area contributed by atoms with Crippen LogP contribution in [0.4, 0.5) is 0 Å². The van der Waals surface area contributed by atoms with E-state index in [1.807, 2.05) is 12.1 Å². The third-order valence-electron chi connectivity index (χ3n) is 5.24. The van der Waals surface area contributed by atoms with E-state index in [9.17, 15) is 0 Å². The summed E-state index contributed by atoms with van der Waals surface area (Å²) in [7, 11) is 0. The maximum atomic E-state index is 6.08. The van der Waals surface area contributed by atoms with Crippen LogP contribution in [0.2, 0.25) is 5.02 Å². The standard InChI is InChI=1S/C21H22ClIN2/c22-18-3-1-2-16(14-18)6-10-24-11-8-20(9-12-24)25-13-7-17-15-19(23)4-5-21(17)25/h1-5,7,13-15,20H,6,8-12H2. The molecule has 130 valence electrons. The van der Waals surface area contributed by atoms with Crippen molar-refractivity contribution in [3.05, 3.63) is 68.9 Å². The van der Waals surface area contributed by atoms with Crippen LogP contribution >= 0.6 is 34.2 Å². The number of benzene rings is 2. The zero-order chi connectivity index (χ0) is 17.2.